The molecule has 0 saturated heterocycles. The molecule has 0 spiro atoms. The topological polar surface area (TPSA) is 67.2 Å². The molecule has 1 heterocycles. The van der Waals surface area contributed by atoms with Crippen LogP contribution in [0.25, 0.3) is 16.9 Å². The van der Waals surface area contributed by atoms with Crippen molar-refractivity contribution in [3.05, 3.63) is 65.7 Å². The molecule has 6 heteroatoms. The zero-order chi connectivity index (χ0) is 26.8. The summed E-state index contributed by atoms with van der Waals surface area (Å²) in [5.41, 5.74) is 4.90. The summed E-state index contributed by atoms with van der Waals surface area (Å²) in [4.78, 5) is 28.4. The van der Waals surface area contributed by atoms with Gasteiger partial charge in [0.15, 0.2) is 0 Å². The number of benzene rings is 2. The average Bonchev–Trinajstić information content (AvgIpc) is 3.30. The Hall–Kier alpha value is -3.41. The molecule has 1 unspecified atom stereocenters. The molecule has 1 aromatic heterocycles. The Labute approximate surface area is 222 Å². The Morgan fingerprint density at radius 3 is 2.35 bits per heavy atom. The van der Waals surface area contributed by atoms with Crippen molar-refractivity contribution >= 4 is 17.6 Å². The van der Waals surface area contributed by atoms with Gasteiger partial charge in [0, 0.05) is 24.1 Å². The van der Waals surface area contributed by atoms with E-state index >= 15 is 0 Å². The lowest BCUT2D eigenvalue weighted by Crippen LogP contribution is -2.42. The number of hydrogen-bond acceptors (Lipinski definition) is 3. The van der Waals surface area contributed by atoms with E-state index in [-0.39, 0.29) is 24.3 Å². The van der Waals surface area contributed by atoms with Crippen LogP contribution in [0.4, 0.5) is 5.82 Å². The van der Waals surface area contributed by atoms with Gasteiger partial charge < -0.3 is 10.2 Å². The van der Waals surface area contributed by atoms with Crippen molar-refractivity contribution in [2.24, 2.45) is 5.92 Å². The third kappa shape index (κ3) is 7.54. The summed E-state index contributed by atoms with van der Waals surface area (Å²) in [7, 11) is 0. The molecule has 1 N–H and O–H groups in total. The first kappa shape index (κ1) is 28.2. The summed E-state index contributed by atoms with van der Waals surface area (Å²) in [5.74, 6) is 0.444. The first-order valence-electron chi connectivity index (χ1n) is 13.7. The fraction of sp³-hybridized carbons (Fsp3) is 0.452. The lowest BCUT2D eigenvalue weighted by molar-refractivity contribution is -0.138. The summed E-state index contributed by atoms with van der Waals surface area (Å²) >= 11 is 0. The normalized spacial score (nSPS) is 11.8. The largest absolute Gasteiger partial charge is 0.333 e. The minimum atomic E-state index is -0.208. The van der Waals surface area contributed by atoms with Gasteiger partial charge in [-0.3, -0.25) is 9.59 Å². The Morgan fingerprint density at radius 2 is 1.70 bits per heavy atom. The molecule has 0 aliphatic heterocycles. The maximum Gasteiger partial charge on any atom is 0.245 e. The second kappa shape index (κ2) is 13.8. The Morgan fingerprint density at radius 1 is 0.973 bits per heavy atom. The van der Waals surface area contributed by atoms with Crippen LogP contribution in [0, 0.1) is 19.8 Å². The highest BCUT2D eigenvalue weighted by atomic mass is 16.2. The van der Waals surface area contributed by atoms with Crippen LogP contribution in [0.1, 0.15) is 70.4 Å². The molecule has 0 radical (unpaired) electrons. The van der Waals surface area contributed by atoms with E-state index in [1.807, 2.05) is 55.5 Å². The number of aromatic nitrogens is 2. The van der Waals surface area contributed by atoms with E-state index in [9.17, 15) is 9.59 Å². The monoisotopic (exact) mass is 502 g/mol. The second-order valence-corrected chi connectivity index (χ2v) is 9.89. The highest BCUT2D eigenvalue weighted by Crippen LogP contribution is 2.27. The number of nitrogens with zero attached hydrogens (tertiary/aromatic N) is 3. The number of nitrogens with one attached hydrogen (secondary N) is 1. The summed E-state index contributed by atoms with van der Waals surface area (Å²) in [6.07, 6.45) is 5.60. The zero-order valence-corrected chi connectivity index (χ0v) is 23.1. The van der Waals surface area contributed by atoms with Crippen LogP contribution in [-0.4, -0.2) is 39.6 Å². The molecule has 1 atom stereocenters. The van der Waals surface area contributed by atoms with Gasteiger partial charge >= 0.3 is 0 Å². The standard InChI is InChI=1S/C31H42N4O2/c1-6-9-14-25(8-3)31(37)34(19-10-7-2)22-30(36)32-29-21-27(26-15-12-11-13-16-26)33-35(29)28-18-17-23(4)20-24(28)5/h11-13,15-18,20-21,25H,6-10,14,19,22H2,1-5H3,(H,32,36). The van der Waals surface area contributed by atoms with Crippen LogP contribution in [0.15, 0.2) is 54.6 Å². The molecule has 0 aliphatic rings. The zero-order valence-electron chi connectivity index (χ0n) is 23.1. The Bertz CT molecular complexity index is 1170. The molecular formula is C31H42N4O2. The number of unbranched alkanes of at least 4 members (excludes halogenated alkanes) is 2. The van der Waals surface area contributed by atoms with Crippen LogP contribution in [0.3, 0.4) is 0 Å². The molecule has 3 rings (SSSR count). The average molecular weight is 503 g/mol. The molecule has 2 aromatic carbocycles. The molecule has 37 heavy (non-hydrogen) atoms. The molecular weight excluding hydrogens is 460 g/mol. The third-order valence-electron chi connectivity index (χ3n) is 6.80. The smallest absolute Gasteiger partial charge is 0.245 e. The number of anilines is 1. The van der Waals surface area contributed by atoms with E-state index in [0.717, 1.165) is 61.0 Å². The van der Waals surface area contributed by atoms with Gasteiger partial charge in [0.2, 0.25) is 11.8 Å². The predicted octanol–water partition coefficient (Wildman–Crippen LogP) is 6.94. The van der Waals surface area contributed by atoms with Gasteiger partial charge in [-0.2, -0.15) is 5.10 Å². The summed E-state index contributed by atoms with van der Waals surface area (Å²) in [6, 6.07) is 18.0. The summed E-state index contributed by atoms with van der Waals surface area (Å²) in [6.45, 7) is 11.0. The molecule has 0 bridgehead atoms. The lowest BCUT2D eigenvalue weighted by atomic mass is 9.97. The first-order chi connectivity index (χ1) is 17.9. The van der Waals surface area contributed by atoms with E-state index < -0.39 is 0 Å². The van der Waals surface area contributed by atoms with Crippen molar-refractivity contribution in [3.63, 3.8) is 0 Å². The van der Waals surface area contributed by atoms with Crippen LogP contribution in [0.2, 0.25) is 0 Å². The number of hydrogen-bond donors (Lipinski definition) is 1. The number of amides is 2. The van der Waals surface area contributed by atoms with E-state index in [1.54, 1.807) is 9.58 Å². The summed E-state index contributed by atoms with van der Waals surface area (Å²) < 4.78 is 1.79. The Kier molecular flexibility index (Phi) is 10.5. The van der Waals surface area contributed by atoms with Crippen molar-refractivity contribution in [3.8, 4) is 16.9 Å². The molecule has 6 nitrogen and oxygen atoms in total. The van der Waals surface area contributed by atoms with Gasteiger partial charge in [0.25, 0.3) is 0 Å². The van der Waals surface area contributed by atoms with Gasteiger partial charge in [0.1, 0.15) is 5.82 Å². The van der Waals surface area contributed by atoms with Gasteiger partial charge in [-0.25, -0.2) is 4.68 Å². The van der Waals surface area contributed by atoms with Crippen molar-refractivity contribution < 1.29 is 9.59 Å². The fourth-order valence-electron chi connectivity index (χ4n) is 4.63. The lowest BCUT2D eigenvalue weighted by Gasteiger charge is -2.26. The number of rotatable bonds is 13. The summed E-state index contributed by atoms with van der Waals surface area (Å²) in [5, 5.41) is 7.93. The number of aryl methyl sites for hydroxylation is 2. The van der Waals surface area contributed by atoms with Crippen LogP contribution in [-0.2, 0) is 9.59 Å². The van der Waals surface area contributed by atoms with Crippen LogP contribution >= 0.6 is 0 Å². The number of carbonyl (C=O) groups is 2. The van der Waals surface area contributed by atoms with Crippen LogP contribution < -0.4 is 5.32 Å². The fourth-order valence-corrected chi connectivity index (χ4v) is 4.63. The number of carbonyl (C=O) groups excluding carboxylic acids is 2. The molecule has 3 aromatic rings. The van der Waals surface area contributed by atoms with Gasteiger partial charge in [-0.15, -0.1) is 0 Å². The molecule has 0 saturated carbocycles. The maximum atomic E-state index is 13.4. The van der Waals surface area contributed by atoms with Crippen molar-refractivity contribution in [1.82, 2.24) is 14.7 Å². The minimum absolute atomic E-state index is 0.0324. The Balaban J connectivity index is 1.88. The predicted molar refractivity (Wildman–Crippen MR) is 152 cm³/mol. The molecule has 2 amide bonds. The van der Waals surface area contributed by atoms with Gasteiger partial charge in [0.05, 0.1) is 17.9 Å². The second-order valence-electron chi connectivity index (χ2n) is 9.89. The van der Waals surface area contributed by atoms with Crippen molar-refractivity contribution in [1.29, 1.82) is 0 Å². The SMILES string of the molecule is CCCCC(CC)C(=O)N(CCCC)CC(=O)Nc1cc(-c2ccccc2)nn1-c1ccc(C)cc1C. The van der Waals surface area contributed by atoms with E-state index in [1.165, 1.54) is 5.56 Å². The van der Waals surface area contributed by atoms with E-state index in [0.29, 0.717) is 12.4 Å². The van der Waals surface area contributed by atoms with E-state index in [2.05, 4.69) is 39.1 Å². The first-order valence-corrected chi connectivity index (χ1v) is 13.7. The van der Waals surface area contributed by atoms with Crippen LogP contribution in [0.5, 0.6) is 0 Å². The van der Waals surface area contributed by atoms with Crippen molar-refractivity contribution in [2.45, 2.75) is 73.1 Å². The van der Waals surface area contributed by atoms with E-state index in [4.69, 9.17) is 5.10 Å². The van der Waals surface area contributed by atoms with Gasteiger partial charge in [-0.1, -0.05) is 88.1 Å². The third-order valence-corrected chi connectivity index (χ3v) is 6.80. The highest BCUT2D eigenvalue weighted by Gasteiger charge is 2.25. The maximum absolute atomic E-state index is 13.4. The van der Waals surface area contributed by atoms with Crippen molar-refractivity contribution in [2.75, 3.05) is 18.4 Å². The highest BCUT2D eigenvalue weighted by molar-refractivity contribution is 5.95. The van der Waals surface area contributed by atoms with Gasteiger partial charge in [-0.05, 0) is 44.7 Å². The molecule has 198 valence electrons. The molecule has 0 fully saturated rings. The molecule has 0 aliphatic carbocycles. The minimum Gasteiger partial charge on any atom is -0.333 e. The quantitative estimate of drug-likeness (QED) is 0.275.